The third kappa shape index (κ3) is 12.8. The Balaban J connectivity index is 1.93. The van der Waals surface area contributed by atoms with Gasteiger partial charge in [0.05, 0.1) is 0 Å². The average Bonchev–Trinajstić information content (AvgIpc) is 3.02. The van der Waals surface area contributed by atoms with Crippen molar-refractivity contribution in [1.29, 1.82) is 0 Å². The second-order valence-electron chi connectivity index (χ2n) is 10.3. The number of ether oxygens (including phenoxy) is 6. The maximum Gasteiger partial charge on any atom is 0.323 e. The van der Waals surface area contributed by atoms with Crippen LogP contribution in [0.15, 0.2) is 48.5 Å². The molecule has 12 heteroatoms. The number of rotatable bonds is 22. The van der Waals surface area contributed by atoms with E-state index in [0.717, 1.165) is 11.1 Å². The van der Waals surface area contributed by atoms with E-state index >= 15 is 0 Å². The zero-order valence-corrected chi connectivity index (χ0v) is 28.6. The van der Waals surface area contributed by atoms with Crippen LogP contribution in [-0.4, -0.2) is 63.4 Å². The lowest BCUT2D eigenvalue weighted by molar-refractivity contribution is -0.213. The maximum absolute atomic E-state index is 13.4. The van der Waals surface area contributed by atoms with Crippen LogP contribution in [0.4, 0.5) is 0 Å². The van der Waals surface area contributed by atoms with Crippen molar-refractivity contribution >= 4 is 35.1 Å². The highest BCUT2D eigenvalue weighted by molar-refractivity contribution is 6.31. The van der Waals surface area contributed by atoms with Crippen LogP contribution in [0.1, 0.15) is 65.5 Å². The molecule has 0 aliphatic rings. The van der Waals surface area contributed by atoms with Crippen LogP contribution in [0.25, 0.3) is 0 Å². The van der Waals surface area contributed by atoms with Crippen molar-refractivity contribution in [3.8, 4) is 0 Å². The third-order valence-corrected chi connectivity index (χ3v) is 7.92. The van der Waals surface area contributed by atoms with Crippen LogP contribution >= 0.6 is 23.2 Å². The predicted octanol–water partition coefficient (Wildman–Crippen LogP) is 6.22. The van der Waals surface area contributed by atoms with E-state index in [-0.39, 0.29) is 26.1 Å². The third-order valence-electron chi connectivity index (χ3n) is 7.18. The van der Waals surface area contributed by atoms with Crippen molar-refractivity contribution < 1.29 is 38.0 Å². The number of hydrogen-bond donors (Lipinski definition) is 2. The molecule has 2 N–H and O–H groups in total. The molecule has 0 amide bonds. The molecule has 0 aliphatic carbocycles. The molecule has 0 heterocycles. The first kappa shape index (κ1) is 38.9. The number of hydrogen-bond acceptors (Lipinski definition) is 10. The number of nitrogens with one attached hydrogen (secondary N) is 2. The minimum atomic E-state index is -1.52. The molecule has 45 heavy (non-hydrogen) atoms. The Bertz CT molecular complexity index is 1080. The summed E-state index contributed by atoms with van der Waals surface area (Å²) >= 11 is 12.5. The van der Waals surface area contributed by atoms with Gasteiger partial charge in [-0.2, -0.15) is 0 Å². The van der Waals surface area contributed by atoms with Crippen LogP contribution in [0.2, 0.25) is 10.0 Å². The first-order valence-corrected chi connectivity index (χ1v) is 16.2. The zero-order valence-electron chi connectivity index (χ0n) is 27.1. The van der Waals surface area contributed by atoms with E-state index < -0.39 is 42.4 Å². The molecule has 2 rings (SSSR count). The van der Waals surface area contributed by atoms with Gasteiger partial charge in [0.15, 0.2) is 18.0 Å². The zero-order chi connectivity index (χ0) is 33.2. The lowest BCUT2D eigenvalue weighted by Gasteiger charge is -2.30. The Morgan fingerprint density at radius 1 is 0.689 bits per heavy atom. The molecule has 4 atom stereocenters. The molecular weight excluding hydrogens is 623 g/mol. The molecule has 252 valence electrons. The summed E-state index contributed by atoms with van der Waals surface area (Å²) in [5.74, 6) is -1.43. The summed E-state index contributed by atoms with van der Waals surface area (Å²) in [5, 5.41) is 7.74. The van der Waals surface area contributed by atoms with Crippen LogP contribution < -0.4 is 10.6 Å². The van der Waals surface area contributed by atoms with E-state index in [0.29, 0.717) is 36.3 Å². The minimum absolute atomic E-state index is 0.174. The Hall–Kier alpha value is -2.28. The standard InChI is InChI=1S/C33H48Cl2N2O8/c1-7-33(8-2,31(38)42-21-29(40-9-3)44-23(5)36-19-25-15-11-13-17-27(25)34)32(39)43-22-30(41-10-4)45-24(6)37-20-26-16-12-14-18-28(26)35/h11-18,23-24,29-30,36-37H,7-10,19-22H2,1-6H3. The Kier molecular flexibility index (Phi) is 17.9. The SMILES string of the molecule is CCOC(COC(=O)C(CC)(CC)C(=O)OCC(OCC)OC(C)NCc1ccccc1Cl)OC(C)NCc1ccccc1Cl. The first-order valence-electron chi connectivity index (χ1n) is 15.4. The fourth-order valence-corrected chi connectivity index (χ4v) is 4.85. The summed E-state index contributed by atoms with van der Waals surface area (Å²) in [6, 6.07) is 15.0. The second kappa shape index (κ2) is 20.8. The summed E-state index contributed by atoms with van der Waals surface area (Å²) in [6.45, 7) is 11.9. The number of benzene rings is 2. The molecule has 10 nitrogen and oxygen atoms in total. The van der Waals surface area contributed by atoms with Crippen molar-refractivity contribution in [2.45, 2.75) is 92.5 Å². The molecule has 0 bridgehead atoms. The molecule has 0 spiro atoms. The van der Waals surface area contributed by atoms with E-state index in [2.05, 4.69) is 10.6 Å². The second-order valence-corrected chi connectivity index (χ2v) is 11.1. The topological polar surface area (TPSA) is 114 Å². The van der Waals surface area contributed by atoms with Gasteiger partial charge in [-0.05, 0) is 63.8 Å². The molecular formula is C33H48Cl2N2O8. The van der Waals surface area contributed by atoms with Gasteiger partial charge in [-0.3, -0.25) is 20.2 Å². The quantitative estimate of drug-likeness (QED) is 0.0851. The number of esters is 2. The van der Waals surface area contributed by atoms with Gasteiger partial charge in [-0.15, -0.1) is 0 Å². The average molecular weight is 672 g/mol. The molecule has 2 aromatic carbocycles. The van der Waals surface area contributed by atoms with E-state index in [1.165, 1.54) is 0 Å². The monoisotopic (exact) mass is 670 g/mol. The van der Waals surface area contributed by atoms with Gasteiger partial charge in [0, 0.05) is 36.3 Å². The van der Waals surface area contributed by atoms with Gasteiger partial charge in [-0.25, -0.2) is 0 Å². The van der Waals surface area contributed by atoms with Gasteiger partial charge in [-0.1, -0.05) is 73.4 Å². The molecule has 0 saturated heterocycles. The van der Waals surface area contributed by atoms with Crippen molar-refractivity contribution in [1.82, 2.24) is 10.6 Å². The highest BCUT2D eigenvalue weighted by atomic mass is 35.5. The van der Waals surface area contributed by atoms with Crippen LogP contribution in [-0.2, 0) is 51.1 Å². The Morgan fingerprint density at radius 3 is 1.40 bits per heavy atom. The van der Waals surface area contributed by atoms with E-state index in [9.17, 15) is 9.59 Å². The summed E-state index contributed by atoms with van der Waals surface area (Å²) in [4.78, 5) is 26.7. The van der Waals surface area contributed by atoms with Crippen molar-refractivity contribution in [2.75, 3.05) is 26.4 Å². The lowest BCUT2D eigenvalue weighted by Crippen LogP contribution is -2.44. The van der Waals surface area contributed by atoms with Gasteiger partial charge in [0.1, 0.15) is 25.7 Å². The van der Waals surface area contributed by atoms with Crippen molar-refractivity contribution in [3.63, 3.8) is 0 Å². The molecule has 0 saturated carbocycles. The normalized spacial score (nSPS) is 14.4. The molecule has 0 radical (unpaired) electrons. The number of carbonyl (C=O) groups excluding carboxylic acids is 2. The van der Waals surface area contributed by atoms with Crippen LogP contribution in [0, 0.1) is 5.41 Å². The number of carbonyl (C=O) groups is 2. The summed E-state index contributed by atoms with van der Waals surface area (Å²) in [5.41, 5.74) is 0.320. The van der Waals surface area contributed by atoms with Gasteiger partial charge in [0.25, 0.3) is 0 Å². The predicted molar refractivity (Wildman–Crippen MR) is 173 cm³/mol. The van der Waals surface area contributed by atoms with E-state index in [1.807, 2.05) is 76.2 Å². The molecule has 2 aromatic rings. The number of halogens is 2. The van der Waals surface area contributed by atoms with Crippen LogP contribution in [0.3, 0.4) is 0 Å². The molecule has 4 unspecified atom stereocenters. The van der Waals surface area contributed by atoms with Gasteiger partial charge < -0.3 is 28.4 Å². The first-order chi connectivity index (χ1) is 21.6. The maximum atomic E-state index is 13.4. The fraction of sp³-hybridized carbons (Fsp3) is 0.576. The lowest BCUT2D eigenvalue weighted by atomic mass is 9.82. The molecule has 0 aliphatic heterocycles. The summed E-state index contributed by atoms with van der Waals surface area (Å²) < 4.78 is 34.3. The summed E-state index contributed by atoms with van der Waals surface area (Å²) in [7, 11) is 0. The Morgan fingerprint density at radius 2 is 1.07 bits per heavy atom. The Labute approximate surface area is 277 Å². The summed E-state index contributed by atoms with van der Waals surface area (Å²) in [6.07, 6.45) is -2.25. The van der Waals surface area contributed by atoms with Gasteiger partial charge >= 0.3 is 11.9 Å². The highest BCUT2D eigenvalue weighted by Gasteiger charge is 2.46. The van der Waals surface area contributed by atoms with Crippen LogP contribution in [0.5, 0.6) is 0 Å². The smallest absolute Gasteiger partial charge is 0.323 e. The minimum Gasteiger partial charge on any atom is -0.459 e. The largest absolute Gasteiger partial charge is 0.459 e. The van der Waals surface area contributed by atoms with Crippen molar-refractivity contribution in [3.05, 3.63) is 69.7 Å². The van der Waals surface area contributed by atoms with E-state index in [1.54, 1.807) is 13.8 Å². The van der Waals surface area contributed by atoms with Gasteiger partial charge in [0.2, 0.25) is 0 Å². The fourth-order valence-electron chi connectivity index (χ4n) is 4.44. The molecule has 0 fully saturated rings. The highest BCUT2D eigenvalue weighted by Crippen LogP contribution is 2.30. The molecule has 0 aromatic heterocycles. The van der Waals surface area contributed by atoms with E-state index in [4.69, 9.17) is 51.6 Å². The van der Waals surface area contributed by atoms with Crippen molar-refractivity contribution in [2.24, 2.45) is 5.41 Å².